The molecular weight excluding hydrogens is 522 g/mol. The average molecular weight is 590 g/mol. The lowest BCUT2D eigenvalue weighted by molar-refractivity contribution is -0.122. The summed E-state index contributed by atoms with van der Waals surface area (Å²) in [4.78, 5) is 12.4. The van der Waals surface area contributed by atoms with E-state index >= 15 is 0 Å². The van der Waals surface area contributed by atoms with Gasteiger partial charge in [-0.3, -0.25) is 9.35 Å². The zero-order valence-corrected chi connectivity index (χ0v) is 27.3. The van der Waals surface area contributed by atoms with E-state index < -0.39 is 28.0 Å². The Labute approximate surface area is 249 Å². The molecule has 0 aliphatic rings. The fourth-order valence-corrected chi connectivity index (χ4v) is 6.21. The molecule has 0 aromatic heterocycles. The molecule has 0 aromatic carbocycles. The first-order chi connectivity index (χ1) is 19.3. The van der Waals surface area contributed by atoms with Crippen LogP contribution in [-0.2, 0) is 14.9 Å². The Morgan fingerprint density at radius 2 is 0.900 bits per heavy atom. The third-order valence-corrected chi connectivity index (χ3v) is 8.84. The number of amides is 1. The molecule has 0 aromatic rings. The highest BCUT2D eigenvalue weighted by Crippen LogP contribution is 2.16. The lowest BCUT2D eigenvalue weighted by atomic mass is 10.0. The molecule has 0 aliphatic carbocycles. The summed E-state index contributed by atoms with van der Waals surface area (Å²) >= 11 is 0. The lowest BCUT2D eigenvalue weighted by Crippen LogP contribution is -2.47. The van der Waals surface area contributed by atoms with Crippen molar-refractivity contribution in [1.82, 2.24) is 5.32 Å². The number of nitrogens with one attached hydrogen (secondary N) is 1. The van der Waals surface area contributed by atoms with Gasteiger partial charge in [0.1, 0.15) is 0 Å². The van der Waals surface area contributed by atoms with Gasteiger partial charge in [-0.15, -0.1) is 0 Å². The fraction of sp³-hybridized carbons (Fsp3) is 0.970. The van der Waals surface area contributed by atoms with Crippen LogP contribution in [0.25, 0.3) is 0 Å². The van der Waals surface area contributed by atoms with Gasteiger partial charge in [-0.05, 0) is 12.8 Å². The molecule has 0 bridgehead atoms. The predicted octanol–water partition coefficient (Wildman–Crippen LogP) is 9.29. The Morgan fingerprint density at radius 1 is 0.575 bits per heavy atom. The van der Waals surface area contributed by atoms with Gasteiger partial charge in [0, 0.05) is 6.42 Å². The van der Waals surface area contributed by atoms with Crippen molar-refractivity contribution in [2.75, 3.05) is 5.75 Å². The molecule has 3 N–H and O–H groups in total. The first-order valence-electron chi connectivity index (χ1n) is 17.2. The zero-order chi connectivity index (χ0) is 29.7. The Bertz CT molecular complexity index is 655. The van der Waals surface area contributed by atoms with Crippen LogP contribution in [0.2, 0.25) is 0 Å². The number of carbonyl (C=O) groups excluding carboxylic acids is 1. The fourth-order valence-electron chi connectivity index (χ4n) is 5.45. The van der Waals surface area contributed by atoms with E-state index in [0.717, 1.165) is 38.5 Å². The van der Waals surface area contributed by atoms with Gasteiger partial charge in [-0.1, -0.05) is 168 Å². The Morgan fingerprint density at radius 3 is 1.25 bits per heavy atom. The summed E-state index contributed by atoms with van der Waals surface area (Å²) in [6.45, 7) is 4.48. The molecule has 1 amide bonds. The van der Waals surface area contributed by atoms with Crippen LogP contribution in [0.15, 0.2) is 0 Å². The maximum Gasteiger partial charge on any atom is 0.266 e. The summed E-state index contributed by atoms with van der Waals surface area (Å²) in [5.41, 5.74) is 0. The van der Waals surface area contributed by atoms with Crippen LogP contribution in [0.1, 0.15) is 187 Å². The normalized spacial score (nSPS) is 13.4. The summed E-state index contributed by atoms with van der Waals surface area (Å²) in [6, 6.07) is -0.961. The van der Waals surface area contributed by atoms with Gasteiger partial charge >= 0.3 is 0 Å². The molecular formula is C33H67NO5S. The van der Waals surface area contributed by atoms with E-state index in [1.165, 1.54) is 122 Å². The van der Waals surface area contributed by atoms with E-state index in [1.54, 1.807) is 0 Å². The molecule has 0 saturated heterocycles. The number of hydrogen-bond donors (Lipinski definition) is 3. The van der Waals surface area contributed by atoms with Crippen molar-refractivity contribution < 1.29 is 22.9 Å². The standard InChI is InChI=1S/C33H67NO5S/c1-3-5-7-9-11-13-15-16-17-18-19-20-22-24-26-28-32(35)31(30-40(37,38)39)34-33(36)29-27-25-23-21-14-12-10-8-6-4-2/h31-32,35H,3-30H2,1-2H3,(H,34,36)(H,37,38,39). The smallest absolute Gasteiger partial charge is 0.266 e. The van der Waals surface area contributed by atoms with E-state index in [1.807, 2.05) is 0 Å². The van der Waals surface area contributed by atoms with E-state index in [4.69, 9.17) is 0 Å². The minimum absolute atomic E-state index is 0.247. The van der Waals surface area contributed by atoms with Crippen LogP contribution in [0.3, 0.4) is 0 Å². The van der Waals surface area contributed by atoms with Crippen LogP contribution in [0, 0.1) is 0 Å². The second-order valence-electron chi connectivity index (χ2n) is 12.2. The molecule has 240 valence electrons. The second-order valence-corrected chi connectivity index (χ2v) is 13.7. The molecule has 0 saturated carbocycles. The van der Waals surface area contributed by atoms with Gasteiger partial charge in [-0.2, -0.15) is 8.42 Å². The molecule has 2 atom stereocenters. The van der Waals surface area contributed by atoms with Crippen LogP contribution < -0.4 is 5.32 Å². The minimum Gasteiger partial charge on any atom is -0.391 e. The average Bonchev–Trinajstić information content (AvgIpc) is 2.90. The van der Waals surface area contributed by atoms with Crippen molar-refractivity contribution in [2.24, 2.45) is 0 Å². The molecule has 0 radical (unpaired) electrons. The number of hydrogen-bond acceptors (Lipinski definition) is 4. The molecule has 2 unspecified atom stereocenters. The van der Waals surface area contributed by atoms with Crippen LogP contribution in [0.4, 0.5) is 0 Å². The highest BCUT2D eigenvalue weighted by molar-refractivity contribution is 7.85. The van der Waals surface area contributed by atoms with Gasteiger partial charge in [0.05, 0.1) is 17.9 Å². The van der Waals surface area contributed by atoms with Crippen molar-refractivity contribution in [3.05, 3.63) is 0 Å². The lowest BCUT2D eigenvalue weighted by Gasteiger charge is -2.23. The van der Waals surface area contributed by atoms with E-state index in [9.17, 15) is 22.9 Å². The summed E-state index contributed by atoms with van der Waals surface area (Å²) < 4.78 is 32.3. The van der Waals surface area contributed by atoms with Gasteiger partial charge < -0.3 is 10.4 Å². The molecule has 0 fully saturated rings. The number of unbranched alkanes of at least 4 members (excludes halogenated alkanes) is 23. The van der Waals surface area contributed by atoms with Crippen molar-refractivity contribution in [1.29, 1.82) is 0 Å². The molecule has 0 heterocycles. The predicted molar refractivity (Wildman–Crippen MR) is 170 cm³/mol. The van der Waals surface area contributed by atoms with Gasteiger partial charge in [-0.25, -0.2) is 0 Å². The van der Waals surface area contributed by atoms with Crippen molar-refractivity contribution in [2.45, 2.75) is 199 Å². The minimum atomic E-state index is -4.29. The highest BCUT2D eigenvalue weighted by Gasteiger charge is 2.26. The Hall–Kier alpha value is -0.660. The first-order valence-corrected chi connectivity index (χ1v) is 18.8. The number of aliphatic hydroxyl groups excluding tert-OH is 1. The molecule has 40 heavy (non-hydrogen) atoms. The third kappa shape index (κ3) is 28.9. The van der Waals surface area contributed by atoms with Gasteiger partial charge in [0.25, 0.3) is 10.1 Å². The van der Waals surface area contributed by atoms with Crippen molar-refractivity contribution in [3.63, 3.8) is 0 Å². The Kier molecular flexibility index (Phi) is 28.0. The van der Waals surface area contributed by atoms with E-state index in [2.05, 4.69) is 19.2 Å². The first kappa shape index (κ1) is 39.3. The maximum atomic E-state index is 12.4. The van der Waals surface area contributed by atoms with Crippen molar-refractivity contribution in [3.8, 4) is 0 Å². The van der Waals surface area contributed by atoms with E-state index in [-0.39, 0.29) is 5.91 Å². The SMILES string of the molecule is CCCCCCCCCCCCCCCCCC(O)C(CS(=O)(=O)O)NC(=O)CCCCCCCCCCCC. The van der Waals surface area contributed by atoms with Gasteiger partial charge in [0.2, 0.25) is 5.91 Å². The summed E-state index contributed by atoms with van der Waals surface area (Å²) in [6.07, 6.45) is 30.5. The monoisotopic (exact) mass is 589 g/mol. The van der Waals surface area contributed by atoms with E-state index in [0.29, 0.717) is 12.8 Å². The molecule has 6 nitrogen and oxygen atoms in total. The molecule has 0 aliphatic heterocycles. The molecule has 0 spiro atoms. The van der Waals surface area contributed by atoms with Gasteiger partial charge in [0.15, 0.2) is 0 Å². The summed E-state index contributed by atoms with van der Waals surface area (Å²) in [7, 11) is -4.29. The topological polar surface area (TPSA) is 104 Å². The molecule has 0 rings (SSSR count). The number of aliphatic hydroxyl groups is 1. The highest BCUT2D eigenvalue weighted by atomic mass is 32.2. The van der Waals surface area contributed by atoms with Crippen molar-refractivity contribution >= 4 is 16.0 Å². The van der Waals surface area contributed by atoms with Crippen LogP contribution in [-0.4, -0.2) is 41.9 Å². The zero-order valence-electron chi connectivity index (χ0n) is 26.5. The summed E-state index contributed by atoms with van der Waals surface area (Å²) in [5, 5.41) is 13.3. The third-order valence-electron chi connectivity index (χ3n) is 8.06. The Balaban J connectivity index is 3.91. The quantitative estimate of drug-likeness (QED) is 0.0552. The molecule has 7 heteroatoms. The number of rotatable bonds is 31. The maximum absolute atomic E-state index is 12.4. The summed E-state index contributed by atoms with van der Waals surface area (Å²) in [5.74, 6) is -0.889. The largest absolute Gasteiger partial charge is 0.391 e. The number of carbonyl (C=O) groups is 1. The second kappa shape index (κ2) is 28.5. The van der Waals surface area contributed by atoms with Crippen LogP contribution >= 0.6 is 0 Å². The van der Waals surface area contributed by atoms with Crippen LogP contribution in [0.5, 0.6) is 0 Å².